The molecule has 6 unspecified atom stereocenters. The van der Waals surface area contributed by atoms with E-state index in [0.29, 0.717) is 41.7 Å². The zero-order chi connectivity index (χ0) is 26.3. The Hall–Kier alpha value is -2.67. The van der Waals surface area contributed by atoms with Crippen LogP contribution in [-0.4, -0.2) is 41.3 Å². The molecule has 2 aliphatic carbocycles. The number of hydrogen-bond donors (Lipinski definition) is 2. The van der Waals surface area contributed by atoms with Crippen LogP contribution in [-0.2, 0) is 24.7 Å². The molecule has 37 heavy (non-hydrogen) atoms. The van der Waals surface area contributed by atoms with Crippen molar-refractivity contribution in [2.24, 2.45) is 17.3 Å². The van der Waals surface area contributed by atoms with E-state index in [1.807, 2.05) is 6.92 Å². The van der Waals surface area contributed by atoms with Crippen LogP contribution in [0.3, 0.4) is 0 Å². The molecule has 198 valence electrons. The Morgan fingerprint density at radius 3 is 2.68 bits per heavy atom. The maximum Gasteiger partial charge on any atom is 0.224 e. The van der Waals surface area contributed by atoms with Crippen molar-refractivity contribution in [2.45, 2.75) is 95.8 Å². The highest BCUT2D eigenvalue weighted by molar-refractivity contribution is 6.14. The van der Waals surface area contributed by atoms with Gasteiger partial charge in [-0.25, -0.2) is 0 Å². The van der Waals surface area contributed by atoms with Gasteiger partial charge in [-0.1, -0.05) is 33.1 Å². The predicted octanol–water partition coefficient (Wildman–Crippen LogP) is 4.79. The molecule has 1 saturated carbocycles. The van der Waals surface area contributed by atoms with Crippen molar-refractivity contribution in [3.63, 3.8) is 0 Å². The molecule has 1 amide bonds. The Bertz CT molecular complexity index is 1250. The number of hydrogen-bond acceptors (Lipinski definition) is 6. The fourth-order valence-corrected chi connectivity index (χ4v) is 8.63. The second-order valence-electron chi connectivity index (χ2n) is 11.8. The van der Waals surface area contributed by atoms with Gasteiger partial charge in [0.05, 0.1) is 11.0 Å². The number of Topliss-reactive ketones (excluding diaryl/α,β-unsaturated/α-hetero) is 2. The molecule has 1 aromatic rings. The van der Waals surface area contributed by atoms with Gasteiger partial charge in [-0.3, -0.25) is 14.4 Å². The number of aromatic hydroxyl groups is 1. The molecule has 5 aliphatic rings. The number of fused-ring (bicyclic) bond motifs is 3. The smallest absolute Gasteiger partial charge is 0.224 e. The van der Waals surface area contributed by atoms with E-state index in [1.165, 1.54) is 0 Å². The molecular formula is C30H37NO6. The van der Waals surface area contributed by atoms with Crippen LogP contribution in [0.15, 0.2) is 17.7 Å². The fraction of sp³-hybridized carbons (Fsp3) is 0.633. The third-order valence-corrected chi connectivity index (χ3v) is 10.2. The number of ether oxygens (including phenoxy) is 2. The van der Waals surface area contributed by atoms with Gasteiger partial charge in [0, 0.05) is 36.5 Å². The van der Waals surface area contributed by atoms with Gasteiger partial charge in [0.1, 0.15) is 23.2 Å². The summed E-state index contributed by atoms with van der Waals surface area (Å²) in [4.78, 5) is 42.6. The average molecular weight is 508 g/mol. The highest BCUT2D eigenvalue weighted by Crippen LogP contribution is 2.74. The molecule has 0 aromatic heterocycles. The second-order valence-corrected chi connectivity index (χ2v) is 11.8. The third-order valence-electron chi connectivity index (χ3n) is 10.2. The molecule has 6 rings (SSSR count). The Labute approximate surface area is 218 Å². The highest BCUT2D eigenvalue weighted by Gasteiger charge is 2.83. The fourth-order valence-electron chi connectivity index (χ4n) is 8.63. The number of carbonyl (C=O) groups is 3. The van der Waals surface area contributed by atoms with Crippen molar-refractivity contribution >= 4 is 23.2 Å². The quantitative estimate of drug-likeness (QED) is 0.537. The summed E-state index contributed by atoms with van der Waals surface area (Å²) >= 11 is 0. The summed E-state index contributed by atoms with van der Waals surface area (Å²) < 4.78 is 12.8. The molecule has 2 spiro atoms. The van der Waals surface area contributed by atoms with Crippen LogP contribution >= 0.6 is 0 Å². The topological polar surface area (TPSA) is 102 Å². The number of carbonyl (C=O) groups excluding carboxylic acids is 3. The van der Waals surface area contributed by atoms with Crippen molar-refractivity contribution in [2.75, 3.05) is 7.11 Å². The van der Waals surface area contributed by atoms with Crippen LogP contribution < -0.4 is 5.32 Å². The number of benzene rings is 1. The Kier molecular flexibility index (Phi) is 5.44. The minimum Gasteiger partial charge on any atom is -0.507 e. The number of phenols is 1. The van der Waals surface area contributed by atoms with E-state index in [-0.39, 0.29) is 29.6 Å². The molecule has 1 saturated heterocycles. The molecule has 3 heterocycles. The lowest BCUT2D eigenvalue weighted by molar-refractivity contribution is -0.159. The molecule has 1 aromatic carbocycles. The molecule has 2 N–H and O–H groups in total. The van der Waals surface area contributed by atoms with E-state index in [9.17, 15) is 19.5 Å². The molecule has 0 radical (unpaired) electrons. The third kappa shape index (κ3) is 2.79. The first-order valence-corrected chi connectivity index (χ1v) is 13.9. The van der Waals surface area contributed by atoms with Crippen molar-refractivity contribution < 1.29 is 29.0 Å². The van der Waals surface area contributed by atoms with Gasteiger partial charge < -0.3 is 19.9 Å². The maximum absolute atomic E-state index is 14.7. The van der Waals surface area contributed by atoms with E-state index >= 15 is 0 Å². The number of nitrogens with one attached hydrogen (secondary N) is 1. The molecule has 3 aliphatic heterocycles. The summed E-state index contributed by atoms with van der Waals surface area (Å²) in [5.74, 6) is -0.763. The lowest BCUT2D eigenvalue weighted by atomic mass is 9.60. The van der Waals surface area contributed by atoms with Crippen molar-refractivity contribution in [3.05, 3.63) is 34.4 Å². The van der Waals surface area contributed by atoms with Gasteiger partial charge in [-0.05, 0) is 56.7 Å². The number of allylic oxidation sites excluding steroid dienone is 1. The number of methoxy groups -OCH3 is 1. The normalized spacial score (nSPS) is 37.5. The van der Waals surface area contributed by atoms with E-state index in [2.05, 4.69) is 19.2 Å². The lowest BCUT2D eigenvalue weighted by Crippen LogP contribution is -2.54. The van der Waals surface area contributed by atoms with Crippen LogP contribution in [0.4, 0.5) is 0 Å². The number of rotatable bonds is 6. The van der Waals surface area contributed by atoms with E-state index in [4.69, 9.17) is 9.47 Å². The number of amides is 1. The summed E-state index contributed by atoms with van der Waals surface area (Å²) in [7, 11) is 1.57. The standard InChI is InChI=1S/C30H37NO6/c1-5-7-8-11-18-24-28(3)26(34)20(36-4)12-9-10-16(6-2)23-21-19(32)14-13-17-22(21)30(28,37-23)15-29(24,25(17)33)31-27(18)35/h13-14,18,20,24,32H,5-12,15H2,1-4H3,(H,31,35). The van der Waals surface area contributed by atoms with Crippen LogP contribution in [0.5, 0.6) is 5.75 Å². The van der Waals surface area contributed by atoms with Gasteiger partial charge in [0.2, 0.25) is 5.91 Å². The number of ketones is 2. The van der Waals surface area contributed by atoms with Crippen molar-refractivity contribution in [1.82, 2.24) is 5.32 Å². The summed E-state index contributed by atoms with van der Waals surface area (Å²) in [6.07, 6.45) is 5.75. The molecule has 3 bridgehead atoms. The van der Waals surface area contributed by atoms with Gasteiger partial charge in [0.15, 0.2) is 17.2 Å². The van der Waals surface area contributed by atoms with Gasteiger partial charge in [-0.15, -0.1) is 0 Å². The summed E-state index contributed by atoms with van der Waals surface area (Å²) in [5, 5.41) is 14.3. The van der Waals surface area contributed by atoms with Crippen LogP contribution in [0, 0.1) is 17.3 Å². The first-order valence-electron chi connectivity index (χ1n) is 13.9. The monoisotopic (exact) mass is 507 g/mol. The predicted molar refractivity (Wildman–Crippen MR) is 137 cm³/mol. The first-order chi connectivity index (χ1) is 17.7. The van der Waals surface area contributed by atoms with Gasteiger partial charge in [0.25, 0.3) is 0 Å². The number of phenolic OH excluding ortho intramolecular Hbond substituents is 1. The van der Waals surface area contributed by atoms with Crippen molar-refractivity contribution in [3.8, 4) is 5.75 Å². The molecule has 6 atom stereocenters. The van der Waals surface area contributed by atoms with E-state index in [1.54, 1.807) is 19.2 Å². The summed E-state index contributed by atoms with van der Waals surface area (Å²) in [5.41, 5.74) is -0.866. The van der Waals surface area contributed by atoms with E-state index < -0.39 is 34.5 Å². The average Bonchev–Trinajstić information content (AvgIpc) is 3.43. The Balaban J connectivity index is 1.68. The van der Waals surface area contributed by atoms with Gasteiger partial charge in [-0.2, -0.15) is 0 Å². The zero-order valence-electron chi connectivity index (χ0n) is 22.2. The zero-order valence-corrected chi connectivity index (χ0v) is 22.2. The number of unbranched alkanes of at least 4 members (excludes halogenated alkanes) is 2. The lowest BCUT2D eigenvalue weighted by Gasteiger charge is -2.45. The minimum absolute atomic E-state index is 0.0678. The largest absolute Gasteiger partial charge is 0.507 e. The molecule has 7 heteroatoms. The van der Waals surface area contributed by atoms with Crippen molar-refractivity contribution in [1.29, 1.82) is 0 Å². The molecular weight excluding hydrogens is 470 g/mol. The van der Waals surface area contributed by atoms with E-state index in [0.717, 1.165) is 37.7 Å². The Morgan fingerprint density at radius 1 is 1.19 bits per heavy atom. The first kappa shape index (κ1) is 24.7. The molecule has 7 nitrogen and oxygen atoms in total. The maximum atomic E-state index is 14.7. The second kappa shape index (κ2) is 8.16. The van der Waals surface area contributed by atoms with Crippen LogP contribution in [0.2, 0.25) is 0 Å². The SMILES string of the molecule is CCCCCC1C(=O)NC23CC45OC(=C(CC)CCCC(OC)C(=O)C4(C)C12)c1c(O)ccc(c15)C3=O. The van der Waals surface area contributed by atoms with Gasteiger partial charge >= 0.3 is 0 Å². The summed E-state index contributed by atoms with van der Waals surface area (Å²) in [6, 6.07) is 3.21. The molecule has 2 fully saturated rings. The van der Waals surface area contributed by atoms with Crippen LogP contribution in [0.1, 0.15) is 100 Å². The Morgan fingerprint density at radius 2 is 1.97 bits per heavy atom. The summed E-state index contributed by atoms with van der Waals surface area (Å²) in [6.45, 7) is 6.10. The van der Waals surface area contributed by atoms with Crippen LogP contribution in [0.25, 0.3) is 5.76 Å². The highest BCUT2D eigenvalue weighted by atomic mass is 16.5. The minimum atomic E-state index is -1.21.